The number of methoxy groups -OCH3 is 1. The van der Waals surface area contributed by atoms with Crippen LogP contribution in [0.15, 0.2) is 24.3 Å². The lowest BCUT2D eigenvalue weighted by Crippen LogP contribution is -2.51. The van der Waals surface area contributed by atoms with E-state index in [1.807, 2.05) is 0 Å². The molecule has 10 heteroatoms. The number of hydrogen-bond acceptors (Lipinski definition) is 5. The van der Waals surface area contributed by atoms with E-state index in [4.69, 9.17) is 0 Å². The standard InChI is InChI=1S/C24H35N5O5/c1-34-21(30)11-14-25-22(31)17-7-9-19(10-8-17)28-24(33)29-15-12-20(13-16-29)27-23(32)26-18-5-3-2-4-6-18/h7-10,18,20H,2-6,11-16H2,1H3,(H,25,31)(H,28,33)(H2,26,27,32). The molecule has 34 heavy (non-hydrogen) atoms. The highest BCUT2D eigenvalue weighted by Gasteiger charge is 2.25. The van der Waals surface area contributed by atoms with Crippen LogP contribution in [-0.2, 0) is 9.53 Å². The normalized spacial score (nSPS) is 16.9. The Hall–Kier alpha value is -3.30. The molecular weight excluding hydrogens is 438 g/mol. The Bertz CT molecular complexity index is 846. The molecule has 186 valence electrons. The highest BCUT2D eigenvalue weighted by molar-refractivity contribution is 5.95. The molecule has 1 heterocycles. The van der Waals surface area contributed by atoms with Crippen molar-refractivity contribution in [2.75, 3.05) is 32.1 Å². The molecule has 2 fully saturated rings. The summed E-state index contributed by atoms with van der Waals surface area (Å²) >= 11 is 0. The summed E-state index contributed by atoms with van der Waals surface area (Å²) in [7, 11) is 1.30. The number of carbonyl (C=O) groups is 4. The Kier molecular flexibility index (Phi) is 9.54. The maximum atomic E-state index is 12.6. The number of benzene rings is 1. The lowest BCUT2D eigenvalue weighted by Gasteiger charge is -2.33. The molecule has 1 saturated heterocycles. The Labute approximate surface area is 200 Å². The van der Waals surface area contributed by atoms with Crippen molar-refractivity contribution in [3.63, 3.8) is 0 Å². The van der Waals surface area contributed by atoms with E-state index in [9.17, 15) is 19.2 Å². The van der Waals surface area contributed by atoms with Crippen molar-refractivity contribution in [1.82, 2.24) is 20.9 Å². The van der Waals surface area contributed by atoms with Gasteiger partial charge in [0.2, 0.25) is 0 Å². The number of urea groups is 2. The molecule has 1 aliphatic heterocycles. The lowest BCUT2D eigenvalue weighted by molar-refractivity contribution is -0.140. The second-order valence-electron chi connectivity index (χ2n) is 8.80. The van der Waals surface area contributed by atoms with Gasteiger partial charge in [0, 0.05) is 43.0 Å². The molecule has 1 aliphatic carbocycles. The highest BCUT2D eigenvalue weighted by atomic mass is 16.5. The minimum atomic E-state index is -0.388. The number of amides is 5. The first-order valence-electron chi connectivity index (χ1n) is 12.0. The van der Waals surface area contributed by atoms with E-state index in [2.05, 4.69) is 26.0 Å². The van der Waals surface area contributed by atoms with Crippen molar-refractivity contribution in [1.29, 1.82) is 0 Å². The zero-order valence-electron chi connectivity index (χ0n) is 19.7. The molecule has 0 bridgehead atoms. The third kappa shape index (κ3) is 7.93. The van der Waals surface area contributed by atoms with Gasteiger partial charge in [-0.05, 0) is 49.9 Å². The fraction of sp³-hybridized carbons (Fsp3) is 0.583. The number of hydrogen-bond donors (Lipinski definition) is 4. The molecule has 3 rings (SSSR count). The molecule has 1 aromatic carbocycles. The van der Waals surface area contributed by atoms with Crippen molar-refractivity contribution < 1.29 is 23.9 Å². The molecular formula is C24H35N5O5. The monoisotopic (exact) mass is 473 g/mol. The summed E-state index contributed by atoms with van der Waals surface area (Å²) in [4.78, 5) is 49.8. The van der Waals surface area contributed by atoms with E-state index in [1.54, 1.807) is 29.2 Å². The predicted octanol–water partition coefficient (Wildman–Crippen LogP) is 2.61. The summed E-state index contributed by atoms with van der Waals surface area (Å²) in [6.45, 7) is 1.30. The maximum Gasteiger partial charge on any atom is 0.321 e. The minimum Gasteiger partial charge on any atom is -0.469 e. The van der Waals surface area contributed by atoms with E-state index in [0.717, 1.165) is 12.8 Å². The molecule has 0 unspecified atom stereocenters. The topological polar surface area (TPSA) is 129 Å². The maximum absolute atomic E-state index is 12.6. The van der Waals surface area contributed by atoms with Crippen molar-refractivity contribution in [3.05, 3.63) is 29.8 Å². The van der Waals surface area contributed by atoms with Crippen LogP contribution in [-0.4, -0.2) is 67.7 Å². The number of piperidine rings is 1. The van der Waals surface area contributed by atoms with Crippen LogP contribution in [0.2, 0.25) is 0 Å². The minimum absolute atomic E-state index is 0.0598. The first-order chi connectivity index (χ1) is 16.4. The Morgan fingerprint density at radius 1 is 0.912 bits per heavy atom. The van der Waals surface area contributed by atoms with Gasteiger partial charge in [-0.15, -0.1) is 0 Å². The van der Waals surface area contributed by atoms with Crippen molar-refractivity contribution in [3.8, 4) is 0 Å². The quantitative estimate of drug-likeness (QED) is 0.453. The summed E-state index contributed by atoms with van der Waals surface area (Å²) in [5.41, 5.74) is 1.02. The van der Waals surface area contributed by atoms with Crippen LogP contribution in [0.4, 0.5) is 15.3 Å². The van der Waals surface area contributed by atoms with Crippen LogP contribution in [0.1, 0.15) is 61.7 Å². The van der Waals surface area contributed by atoms with Gasteiger partial charge in [-0.25, -0.2) is 9.59 Å². The van der Waals surface area contributed by atoms with Crippen LogP contribution in [0, 0.1) is 0 Å². The first-order valence-corrected chi connectivity index (χ1v) is 12.0. The molecule has 4 N–H and O–H groups in total. The van der Waals surface area contributed by atoms with Gasteiger partial charge in [-0.1, -0.05) is 19.3 Å². The first kappa shape index (κ1) is 25.3. The molecule has 0 spiro atoms. The van der Waals surface area contributed by atoms with Crippen LogP contribution in [0.5, 0.6) is 0 Å². The smallest absolute Gasteiger partial charge is 0.321 e. The molecule has 10 nitrogen and oxygen atoms in total. The van der Waals surface area contributed by atoms with E-state index >= 15 is 0 Å². The second kappa shape index (κ2) is 12.8. The highest BCUT2D eigenvalue weighted by Crippen LogP contribution is 2.18. The number of nitrogens with zero attached hydrogens (tertiary/aromatic N) is 1. The van der Waals surface area contributed by atoms with Crippen LogP contribution in [0.3, 0.4) is 0 Å². The number of ether oxygens (including phenoxy) is 1. The van der Waals surface area contributed by atoms with Gasteiger partial charge in [0.25, 0.3) is 5.91 Å². The summed E-state index contributed by atoms with van der Waals surface area (Å²) in [5, 5.41) is 11.6. The van der Waals surface area contributed by atoms with Crippen molar-refractivity contribution >= 4 is 29.6 Å². The van der Waals surface area contributed by atoms with E-state index < -0.39 is 0 Å². The number of anilines is 1. The fourth-order valence-electron chi connectivity index (χ4n) is 4.28. The van der Waals surface area contributed by atoms with Gasteiger partial charge in [0.15, 0.2) is 0 Å². The Balaban J connectivity index is 1.36. The van der Waals surface area contributed by atoms with E-state index in [0.29, 0.717) is 37.2 Å². The van der Waals surface area contributed by atoms with E-state index in [-0.39, 0.29) is 49.0 Å². The Morgan fingerprint density at radius 2 is 1.53 bits per heavy atom. The lowest BCUT2D eigenvalue weighted by atomic mass is 9.96. The van der Waals surface area contributed by atoms with Crippen LogP contribution < -0.4 is 21.3 Å². The molecule has 5 amide bonds. The molecule has 0 aromatic heterocycles. The Morgan fingerprint density at radius 3 is 2.15 bits per heavy atom. The van der Waals surface area contributed by atoms with Gasteiger partial charge in [0.1, 0.15) is 0 Å². The predicted molar refractivity (Wildman–Crippen MR) is 128 cm³/mol. The van der Waals surface area contributed by atoms with Crippen molar-refractivity contribution in [2.24, 2.45) is 0 Å². The largest absolute Gasteiger partial charge is 0.469 e. The number of esters is 1. The average molecular weight is 474 g/mol. The second-order valence-corrected chi connectivity index (χ2v) is 8.80. The van der Waals surface area contributed by atoms with E-state index in [1.165, 1.54) is 26.4 Å². The molecule has 0 radical (unpaired) electrons. The van der Waals surface area contributed by atoms with Gasteiger partial charge >= 0.3 is 18.0 Å². The summed E-state index contributed by atoms with van der Waals surface area (Å²) in [6.07, 6.45) is 7.20. The van der Waals surface area contributed by atoms with Crippen molar-refractivity contribution in [2.45, 2.75) is 63.5 Å². The molecule has 1 saturated carbocycles. The summed E-state index contributed by atoms with van der Waals surface area (Å²) in [6, 6.07) is 6.58. The number of rotatable bonds is 7. The van der Waals surface area contributed by atoms with Gasteiger partial charge in [-0.2, -0.15) is 0 Å². The van der Waals surface area contributed by atoms with Gasteiger partial charge < -0.3 is 30.9 Å². The number of carbonyl (C=O) groups excluding carboxylic acids is 4. The molecule has 1 aromatic rings. The fourth-order valence-corrected chi connectivity index (χ4v) is 4.28. The molecule has 0 atom stereocenters. The molecule has 2 aliphatic rings. The SMILES string of the molecule is COC(=O)CCNC(=O)c1ccc(NC(=O)N2CCC(NC(=O)NC3CCCCC3)CC2)cc1. The summed E-state index contributed by atoms with van der Waals surface area (Å²) in [5.74, 6) is -0.690. The van der Waals surface area contributed by atoms with Gasteiger partial charge in [-0.3, -0.25) is 9.59 Å². The van der Waals surface area contributed by atoms with Crippen LogP contribution >= 0.6 is 0 Å². The number of likely N-dealkylation sites (tertiary alicyclic amines) is 1. The summed E-state index contributed by atoms with van der Waals surface area (Å²) < 4.78 is 4.54. The average Bonchev–Trinajstić information content (AvgIpc) is 2.85. The van der Waals surface area contributed by atoms with Gasteiger partial charge in [0.05, 0.1) is 13.5 Å². The number of nitrogens with one attached hydrogen (secondary N) is 4. The zero-order valence-corrected chi connectivity index (χ0v) is 19.7. The third-order valence-electron chi connectivity index (χ3n) is 6.30. The van der Waals surface area contributed by atoms with Crippen LogP contribution in [0.25, 0.3) is 0 Å². The third-order valence-corrected chi connectivity index (χ3v) is 6.30. The zero-order chi connectivity index (χ0) is 24.3.